The zero-order chi connectivity index (χ0) is 22.1. The highest BCUT2D eigenvalue weighted by Crippen LogP contribution is 2.30. The highest BCUT2D eigenvalue weighted by atomic mass is 35.5. The monoisotopic (exact) mass is 465 g/mol. The number of hydrogen-bond acceptors (Lipinski definition) is 5. The number of aromatic nitrogens is 4. The molecule has 5 rings (SSSR count). The average molecular weight is 466 g/mol. The van der Waals surface area contributed by atoms with Crippen molar-refractivity contribution in [2.24, 2.45) is 0 Å². The largest absolute Gasteiger partial charge is 0.350 e. The Bertz CT molecular complexity index is 1350. The number of rotatable bonds is 6. The summed E-state index contributed by atoms with van der Waals surface area (Å²) in [6.45, 7) is -0.138. The van der Waals surface area contributed by atoms with Crippen LogP contribution in [0.15, 0.2) is 70.7 Å². The van der Waals surface area contributed by atoms with Gasteiger partial charge in [0.15, 0.2) is 5.65 Å². The van der Waals surface area contributed by atoms with Crippen molar-refractivity contribution < 1.29 is 4.79 Å². The summed E-state index contributed by atoms with van der Waals surface area (Å²) < 4.78 is 2.62. The van der Waals surface area contributed by atoms with Crippen molar-refractivity contribution in [3.05, 3.63) is 93.1 Å². The molecule has 0 spiro atoms. The molecule has 1 N–H and O–H groups in total. The summed E-state index contributed by atoms with van der Waals surface area (Å²) in [7, 11) is 0. The van der Waals surface area contributed by atoms with Gasteiger partial charge in [0.25, 0.3) is 0 Å². The fourth-order valence-corrected chi connectivity index (χ4v) is 4.97. The highest BCUT2D eigenvalue weighted by Gasteiger charge is 2.24. The van der Waals surface area contributed by atoms with Crippen LogP contribution in [0.2, 0.25) is 5.02 Å². The second-order valence-corrected chi connectivity index (χ2v) is 9.04. The first-order valence-corrected chi connectivity index (χ1v) is 11.6. The molecule has 0 saturated carbocycles. The molecule has 2 aromatic heterocycles. The maximum Gasteiger partial charge on any atom is 0.350 e. The lowest BCUT2D eigenvalue weighted by molar-refractivity contribution is -0.122. The topological polar surface area (TPSA) is 81.3 Å². The van der Waals surface area contributed by atoms with Crippen molar-refractivity contribution in [2.75, 3.05) is 0 Å². The third-order valence-corrected chi connectivity index (χ3v) is 6.81. The van der Waals surface area contributed by atoms with Gasteiger partial charge in [-0.2, -0.15) is 0 Å². The van der Waals surface area contributed by atoms with Gasteiger partial charge in [-0.1, -0.05) is 59.8 Å². The van der Waals surface area contributed by atoms with Crippen LogP contribution in [0.25, 0.3) is 5.65 Å². The second kappa shape index (κ2) is 8.80. The Balaban J connectivity index is 1.32. The van der Waals surface area contributed by atoms with Gasteiger partial charge in [0.1, 0.15) is 11.6 Å². The zero-order valence-corrected chi connectivity index (χ0v) is 18.6. The second-order valence-electron chi connectivity index (χ2n) is 7.64. The van der Waals surface area contributed by atoms with E-state index in [1.54, 1.807) is 12.4 Å². The van der Waals surface area contributed by atoms with Crippen molar-refractivity contribution in [1.82, 2.24) is 24.5 Å². The molecule has 4 aromatic rings. The van der Waals surface area contributed by atoms with E-state index in [0.29, 0.717) is 21.4 Å². The number of carbonyl (C=O) groups excluding carboxylic acids is 1. The van der Waals surface area contributed by atoms with Crippen LogP contribution in [0.5, 0.6) is 0 Å². The van der Waals surface area contributed by atoms with Crippen molar-refractivity contribution in [3.63, 3.8) is 0 Å². The summed E-state index contributed by atoms with van der Waals surface area (Å²) in [6.07, 6.45) is 4.94. The SMILES string of the molecule is O=C(Cn1nc2c(SCc3ccc(Cl)cc3)nccn2c1=O)N[C@@H]1CCc2ccccc21. The van der Waals surface area contributed by atoms with Crippen molar-refractivity contribution in [1.29, 1.82) is 0 Å². The minimum Gasteiger partial charge on any atom is -0.348 e. The van der Waals surface area contributed by atoms with E-state index in [1.165, 1.54) is 26.4 Å². The summed E-state index contributed by atoms with van der Waals surface area (Å²) >= 11 is 7.42. The molecule has 7 nitrogen and oxygen atoms in total. The molecular formula is C23H20ClN5O2S. The molecule has 1 amide bonds. The predicted molar refractivity (Wildman–Crippen MR) is 124 cm³/mol. The standard InChI is InChI=1S/C23H20ClN5O2S/c24-17-8-5-15(6-9-17)14-32-22-21-27-29(23(31)28(21)12-11-25-22)13-20(30)26-19-10-7-16-3-1-2-4-18(16)19/h1-6,8-9,11-12,19H,7,10,13-14H2,(H,26,30)/t19-/m1/s1. The molecule has 1 aliphatic carbocycles. The van der Waals surface area contributed by atoms with E-state index in [1.807, 2.05) is 42.5 Å². The Kier molecular flexibility index (Phi) is 5.71. The van der Waals surface area contributed by atoms with Crippen molar-refractivity contribution >= 4 is 34.9 Å². The fraction of sp³-hybridized carbons (Fsp3) is 0.217. The first-order valence-electron chi connectivity index (χ1n) is 10.3. The van der Waals surface area contributed by atoms with E-state index in [4.69, 9.17) is 11.6 Å². The van der Waals surface area contributed by atoms with E-state index in [0.717, 1.165) is 24.0 Å². The number of fused-ring (bicyclic) bond motifs is 2. The quantitative estimate of drug-likeness (QED) is 0.440. The van der Waals surface area contributed by atoms with Gasteiger partial charge < -0.3 is 5.32 Å². The molecule has 2 aromatic carbocycles. The lowest BCUT2D eigenvalue weighted by Gasteiger charge is -2.13. The highest BCUT2D eigenvalue weighted by molar-refractivity contribution is 7.98. The Morgan fingerprint density at radius 2 is 2.00 bits per heavy atom. The van der Waals surface area contributed by atoms with Gasteiger partial charge in [0.05, 0.1) is 6.04 Å². The van der Waals surface area contributed by atoms with Gasteiger partial charge in [-0.15, -0.1) is 5.10 Å². The van der Waals surface area contributed by atoms with Crippen molar-refractivity contribution in [3.8, 4) is 0 Å². The van der Waals surface area contributed by atoms with E-state index in [2.05, 4.69) is 21.5 Å². The first kappa shape index (κ1) is 20.8. The van der Waals surface area contributed by atoms with Crippen LogP contribution in [-0.4, -0.2) is 25.1 Å². The van der Waals surface area contributed by atoms with Crippen LogP contribution in [-0.2, 0) is 23.5 Å². The summed E-state index contributed by atoms with van der Waals surface area (Å²) in [5, 5.41) is 8.75. The summed E-state index contributed by atoms with van der Waals surface area (Å²) in [5.74, 6) is 0.424. The predicted octanol–water partition coefficient (Wildman–Crippen LogP) is 3.64. The van der Waals surface area contributed by atoms with Gasteiger partial charge in [0.2, 0.25) is 5.91 Å². The van der Waals surface area contributed by atoms with E-state index < -0.39 is 0 Å². The lowest BCUT2D eigenvalue weighted by Crippen LogP contribution is -2.34. The maximum atomic E-state index is 12.8. The Labute approximate surface area is 193 Å². The minimum atomic E-state index is -0.363. The van der Waals surface area contributed by atoms with E-state index in [9.17, 15) is 9.59 Å². The molecule has 2 heterocycles. The Morgan fingerprint density at radius 1 is 1.19 bits per heavy atom. The van der Waals surface area contributed by atoms with Crippen molar-refractivity contribution in [2.45, 2.75) is 36.2 Å². The molecular weight excluding hydrogens is 446 g/mol. The number of amides is 1. The van der Waals surface area contributed by atoms with Gasteiger partial charge in [-0.05, 0) is 41.7 Å². The number of carbonyl (C=O) groups is 1. The van der Waals surface area contributed by atoms with E-state index >= 15 is 0 Å². The Morgan fingerprint density at radius 3 is 2.84 bits per heavy atom. The summed E-state index contributed by atoms with van der Waals surface area (Å²) in [4.78, 5) is 29.9. The van der Waals surface area contributed by atoms with Gasteiger partial charge >= 0.3 is 5.69 Å². The summed E-state index contributed by atoms with van der Waals surface area (Å²) in [6, 6.07) is 15.7. The van der Waals surface area contributed by atoms with Gasteiger partial charge in [-0.25, -0.2) is 18.9 Å². The number of thioether (sulfide) groups is 1. The number of hydrogen-bond donors (Lipinski definition) is 1. The number of aryl methyl sites for hydroxylation is 1. The zero-order valence-electron chi connectivity index (χ0n) is 17.1. The smallest absolute Gasteiger partial charge is 0.348 e. The normalized spacial score (nSPS) is 15.1. The molecule has 0 fully saturated rings. The average Bonchev–Trinajstić information content (AvgIpc) is 3.35. The number of halogens is 1. The third kappa shape index (κ3) is 4.16. The van der Waals surface area contributed by atoms with Gasteiger partial charge in [0, 0.05) is 23.2 Å². The van der Waals surface area contributed by atoms with Gasteiger partial charge in [-0.3, -0.25) is 4.79 Å². The molecule has 1 aliphatic rings. The van der Waals surface area contributed by atoms with E-state index in [-0.39, 0.29) is 24.2 Å². The molecule has 0 saturated heterocycles. The lowest BCUT2D eigenvalue weighted by atomic mass is 10.1. The number of benzene rings is 2. The number of nitrogens with zero attached hydrogens (tertiary/aromatic N) is 4. The van der Waals surface area contributed by atoms with Crippen LogP contribution in [0, 0.1) is 0 Å². The molecule has 1 atom stereocenters. The van der Waals surface area contributed by atoms with Crippen LogP contribution in [0.3, 0.4) is 0 Å². The molecule has 32 heavy (non-hydrogen) atoms. The number of nitrogens with one attached hydrogen (secondary N) is 1. The summed E-state index contributed by atoms with van der Waals surface area (Å²) in [5.41, 5.74) is 3.57. The third-order valence-electron chi connectivity index (χ3n) is 5.52. The van der Waals surface area contributed by atoms with Crippen LogP contribution in [0.4, 0.5) is 0 Å². The van der Waals surface area contributed by atoms with Crippen LogP contribution in [0.1, 0.15) is 29.2 Å². The van der Waals surface area contributed by atoms with Crippen LogP contribution >= 0.6 is 23.4 Å². The molecule has 0 aliphatic heterocycles. The maximum absolute atomic E-state index is 12.8. The molecule has 162 valence electrons. The molecule has 0 radical (unpaired) electrons. The van der Waals surface area contributed by atoms with Crippen LogP contribution < -0.4 is 11.0 Å². The molecule has 9 heteroatoms. The molecule has 0 unspecified atom stereocenters. The first-order chi connectivity index (χ1) is 15.6. The molecule has 0 bridgehead atoms. The Hall–Kier alpha value is -3.10. The fourth-order valence-electron chi connectivity index (χ4n) is 3.95. The minimum absolute atomic E-state index is 0.0291.